The van der Waals surface area contributed by atoms with Crippen LogP contribution < -0.4 is 0 Å². The summed E-state index contributed by atoms with van der Waals surface area (Å²) in [7, 11) is 0. The maximum atomic E-state index is 11.2. The second-order valence-electron chi connectivity index (χ2n) is 3.89. The van der Waals surface area contributed by atoms with Crippen LogP contribution in [0, 0.1) is 19.3 Å². The molecule has 0 N–H and O–H groups in total. The summed E-state index contributed by atoms with van der Waals surface area (Å²) in [4.78, 5) is 0. The van der Waals surface area contributed by atoms with Gasteiger partial charge in [-0.3, -0.25) is 0 Å². The molecule has 16 heavy (non-hydrogen) atoms. The molecule has 0 aromatic heterocycles. The molecule has 1 radical (unpaired) electrons. The summed E-state index contributed by atoms with van der Waals surface area (Å²) in [6, 6.07) is 8.26. The first-order valence-electron chi connectivity index (χ1n) is 5.04. The Morgan fingerprint density at radius 3 is 2.00 bits per heavy atom. The Labute approximate surface area is 96.7 Å². The number of halogens is 2. The van der Waals surface area contributed by atoms with Crippen molar-refractivity contribution in [1.82, 2.24) is 0 Å². The van der Waals surface area contributed by atoms with Crippen LogP contribution in [0.2, 0.25) is 0 Å². The molecule has 1 rings (SSSR count). The fourth-order valence-electron chi connectivity index (χ4n) is 1.10. The van der Waals surface area contributed by atoms with Crippen molar-refractivity contribution in [3.05, 3.63) is 42.3 Å². The van der Waals surface area contributed by atoms with Crippen molar-refractivity contribution in [2.45, 2.75) is 32.6 Å². The molecule has 87 valence electrons. The first kappa shape index (κ1) is 14.6. The molecule has 0 aliphatic carbocycles. The van der Waals surface area contributed by atoms with Crippen LogP contribution in [-0.4, -0.2) is 5.92 Å². The van der Waals surface area contributed by atoms with Gasteiger partial charge in [0.15, 0.2) is 0 Å². The molecule has 1 aromatic carbocycles. The van der Waals surface area contributed by atoms with E-state index in [0.29, 0.717) is 12.8 Å². The fraction of sp³-hybridized carbons (Fsp3) is 0.357. The average molecular weight is 223 g/mol. The molecule has 0 heterocycles. The fourth-order valence-corrected chi connectivity index (χ4v) is 1.10. The van der Waals surface area contributed by atoms with Crippen molar-refractivity contribution in [2.75, 3.05) is 0 Å². The van der Waals surface area contributed by atoms with Crippen molar-refractivity contribution in [2.24, 2.45) is 0 Å². The molecule has 0 aliphatic heterocycles. The number of alkyl halides is 2. The molecule has 0 nitrogen and oxygen atoms in total. The predicted octanol–water partition coefficient (Wildman–Crippen LogP) is 4.27. The average Bonchev–Trinajstić information content (AvgIpc) is 2.18. The Bertz CT molecular complexity index is 354. The summed E-state index contributed by atoms with van der Waals surface area (Å²) in [5.74, 6) is -1.07. The summed E-state index contributed by atoms with van der Waals surface area (Å²) >= 11 is 0. The largest absolute Gasteiger partial charge is 0.305 e. The van der Waals surface area contributed by atoms with Gasteiger partial charge in [-0.05, 0) is 29.9 Å². The minimum Gasteiger partial charge on any atom is -0.192 e. The van der Waals surface area contributed by atoms with E-state index in [-0.39, 0.29) is 0 Å². The molecule has 0 aliphatic rings. The van der Waals surface area contributed by atoms with Crippen LogP contribution in [-0.2, 0) is 0 Å². The first-order valence-corrected chi connectivity index (χ1v) is 5.04. The van der Waals surface area contributed by atoms with Crippen LogP contribution in [0.3, 0.4) is 0 Å². The third kappa shape index (κ3) is 6.19. The lowest BCUT2D eigenvalue weighted by molar-refractivity contribution is 0.0891. The third-order valence-corrected chi connectivity index (χ3v) is 1.93. The van der Waals surface area contributed by atoms with Crippen molar-refractivity contribution >= 4 is 0 Å². The maximum absolute atomic E-state index is 11.2. The van der Waals surface area contributed by atoms with E-state index in [1.54, 1.807) is 0 Å². The predicted molar refractivity (Wildman–Crippen MR) is 64.4 cm³/mol. The highest BCUT2D eigenvalue weighted by Crippen LogP contribution is 2.17. The standard InChI is InChI=1S/C10H13.C4H4F2/c1-8(2)10-7-5-4-6-9(10)3;1-3-4(2,5)6/h4-8H,3H2,1-2H3;1H,2H3. The molecule has 0 amide bonds. The maximum Gasteiger partial charge on any atom is 0.305 e. The molecule has 0 saturated carbocycles. The Kier molecular flexibility index (Phi) is 5.74. The second kappa shape index (κ2) is 6.27. The number of hydrogen-bond acceptors (Lipinski definition) is 0. The van der Waals surface area contributed by atoms with Gasteiger partial charge in [-0.25, -0.2) is 0 Å². The van der Waals surface area contributed by atoms with Gasteiger partial charge >= 0.3 is 5.92 Å². The van der Waals surface area contributed by atoms with E-state index < -0.39 is 5.92 Å². The van der Waals surface area contributed by atoms with E-state index >= 15 is 0 Å². The van der Waals surface area contributed by atoms with Gasteiger partial charge in [-0.1, -0.05) is 38.1 Å². The van der Waals surface area contributed by atoms with E-state index in [9.17, 15) is 8.78 Å². The highest BCUT2D eigenvalue weighted by molar-refractivity contribution is 5.31. The molecule has 1 aromatic rings. The highest BCUT2D eigenvalue weighted by atomic mass is 19.3. The number of benzene rings is 1. The molecule has 0 fully saturated rings. The van der Waals surface area contributed by atoms with Gasteiger partial charge in [0.2, 0.25) is 0 Å². The lowest BCUT2D eigenvalue weighted by Gasteiger charge is -2.07. The summed E-state index contributed by atoms with van der Waals surface area (Å²) < 4.78 is 22.4. The van der Waals surface area contributed by atoms with Crippen LogP contribution in [0.1, 0.15) is 37.8 Å². The third-order valence-electron chi connectivity index (χ3n) is 1.93. The number of hydrogen-bond donors (Lipinski definition) is 0. The van der Waals surface area contributed by atoms with Crippen molar-refractivity contribution < 1.29 is 8.78 Å². The molecular formula is C14H17F2. The summed E-state index contributed by atoms with van der Waals surface area (Å²) in [5.41, 5.74) is 2.50. The normalized spacial score (nSPS) is 10.4. The monoisotopic (exact) mass is 223 g/mol. The van der Waals surface area contributed by atoms with Crippen LogP contribution in [0.25, 0.3) is 0 Å². The molecule has 0 spiro atoms. The van der Waals surface area contributed by atoms with Crippen LogP contribution in [0.15, 0.2) is 24.3 Å². The quantitative estimate of drug-likeness (QED) is 0.624. The Hall–Kier alpha value is -1.36. The molecule has 2 heteroatoms. The number of terminal acetylenes is 1. The zero-order valence-corrected chi connectivity index (χ0v) is 9.93. The zero-order valence-electron chi connectivity index (χ0n) is 9.93. The smallest absolute Gasteiger partial charge is 0.192 e. The first-order chi connectivity index (χ1) is 7.28. The summed E-state index contributed by atoms with van der Waals surface area (Å²) in [5, 5.41) is 0. The molecule has 0 atom stereocenters. The Balaban J connectivity index is 0.000000325. The zero-order chi connectivity index (χ0) is 12.8. The molecule has 0 bridgehead atoms. The molecule has 0 saturated heterocycles. The van der Waals surface area contributed by atoms with Gasteiger partial charge < -0.3 is 0 Å². The lowest BCUT2D eigenvalue weighted by Crippen LogP contribution is -2.02. The Morgan fingerprint density at radius 1 is 1.31 bits per heavy atom. The van der Waals surface area contributed by atoms with E-state index in [0.717, 1.165) is 5.56 Å². The highest BCUT2D eigenvalue weighted by Gasteiger charge is 2.13. The van der Waals surface area contributed by atoms with Crippen LogP contribution in [0.4, 0.5) is 8.78 Å². The Morgan fingerprint density at radius 2 is 1.75 bits per heavy atom. The SMILES string of the molecule is C#CC(C)(F)F.[CH2]c1ccccc1C(C)C. The topological polar surface area (TPSA) is 0 Å². The molecule has 0 unspecified atom stereocenters. The molecular weight excluding hydrogens is 206 g/mol. The van der Waals surface area contributed by atoms with Crippen molar-refractivity contribution in [3.8, 4) is 12.3 Å². The minimum absolute atomic E-state index is 0.591. The van der Waals surface area contributed by atoms with Gasteiger partial charge in [0.1, 0.15) is 0 Å². The van der Waals surface area contributed by atoms with Gasteiger partial charge in [-0.15, -0.1) is 6.42 Å². The van der Waals surface area contributed by atoms with Gasteiger partial charge in [-0.2, -0.15) is 8.78 Å². The van der Waals surface area contributed by atoms with E-state index in [1.165, 1.54) is 11.5 Å². The van der Waals surface area contributed by atoms with Gasteiger partial charge in [0, 0.05) is 6.92 Å². The van der Waals surface area contributed by atoms with Crippen LogP contribution in [0.5, 0.6) is 0 Å². The second-order valence-corrected chi connectivity index (χ2v) is 3.89. The van der Waals surface area contributed by atoms with Crippen molar-refractivity contribution in [1.29, 1.82) is 0 Å². The van der Waals surface area contributed by atoms with E-state index in [1.807, 2.05) is 6.07 Å². The van der Waals surface area contributed by atoms with Gasteiger partial charge in [0.25, 0.3) is 0 Å². The van der Waals surface area contributed by atoms with Crippen molar-refractivity contribution in [3.63, 3.8) is 0 Å². The lowest BCUT2D eigenvalue weighted by atomic mass is 9.99. The van der Waals surface area contributed by atoms with E-state index in [2.05, 4.69) is 45.4 Å². The minimum atomic E-state index is -2.93. The summed E-state index contributed by atoms with van der Waals surface area (Å²) in [6.45, 7) is 8.98. The van der Waals surface area contributed by atoms with Gasteiger partial charge in [0.05, 0.1) is 0 Å². The summed E-state index contributed by atoms with van der Waals surface area (Å²) in [6.07, 6.45) is 4.31. The van der Waals surface area contributed by atoms with E-state index in [4.69, 9.17) is 0 Å². The number of rotatable bonds is 1. The van der Waals surface area contributed by atoms with Crippen LogP contribution >= 0.6 is 0 Å².